The molecule has 0 fully saturated rings. The van der Waals surface area contributed by atoms with E-state index in [9.17, 15) is 9.59 Å². The van der Waals surface area contributed by atoms with E-state index in [0.717, 1.165) is 0 Å². The van der Waals surface area contributed by atoms with Gasteiger partial charge < -0.3 is 15.2 Å². The van der Waals surface area contributed by atoms with Crippen LogP contribution in [0.5, 0.6) is 0 Å². The average Bonchev–Trinajstić information content (AvgIpc) is 2.27. The minimum absolute atomic E-state index is 0.161. The second kappa shape index (κ2) is 4.65. The number of rotatable bonds is 2. The monoisotopic (exact) mass is 223 g/mol. The largest absolute Gasteiger partial charge is 0.465 e. The lowest BCUT2D eigenvalue weighted by Crippen LogP contribution is -2.11. The van der Waals surface area contributed by atoms with Crippen LogP contribution >= 0.6 is 0 Å². The fraction of sp³-hybridized carbons (Fsp3) is 0.273. The van der Waals surface area contributed by atoms with Crippen molar-refractivity contribution in [2.45, 2.75) is 6.92 Å². The number of anilines is 1. The number of methoxy groups -OCH3 is 2. The van der Waals surface area contributed by atoms with Crippen LogP contribution in [0.1, 0.15) is 26.3 Å². The number of benzene rings is 1. The van der Waals surface area contributed by atoms with Crippen molar-refractivity contribution >= 4 is 17.6 Å². The molecule has 1 aromatic rings. The molecule has 5 nitrogen and oxygen atoms in total. The van der Waals surface area contributed by atoms with Crippen LogP contribution in [0, 0.1) is 6.92 Å². The summed E-state index contributed by atoms with van der Waals surface area (Å²) in [4.78, 5) is 22.7. The lowest BCUT2D eigenvalue weighted by atomic mass is 10.0. The zero-order chi connectivity index (χ0) is 12.3. The van der Waals surface area contributed by atoms with Crippen molar-refractivity contribution in [3.05, 3.63) is 28.8 Å². The molecular weight excluding hydrogens is 210 g/mol. The number of ether oxygens (including phenoxy) is 2. The molecule has 0 aliphatic carbocycles. The van der Waals surface area contributed by atoms with E-state index >= 15 is 0 Å². The summed E-state index contributed by atoms with van der Waals surface area (Å²) >= 11 is 0. The first-order valence-electron chi connectivity index (χ1n) is 4.58. The summed E-state index contributed by atoms with van der Waals surface area (Å²) in [5.74, 6) is -1.09. The van der Waals surface area contributed by atoms with E-state index in [-0.39, 0.29) is 11.3 Å². The van der Waals surface area contributed by atoms with E-state index < -0.39 is 11.9 Å². The molecule has 16 heavy (non-hydrogen) atoms. The Morgan fingerprint density at radius 2 is 1.56 bits per heavy atom. The third kappa shape index (κ3) is 2.13. The Morgan fingerprint density at radius 3 is 2.06 bits per heavy atom. The van der Waals surface area contributed by atoms with Crippen LogP contribution in [0.25, 0.3) is 0 Å². The first kappa shape index (κ1) is 12.0. The number of aryl methyl sites for hydroxylation is 1. The molecule has 0 bridgehead atoms. The fourth-order valence-corrected chi connectivity index (χ4v) is 1.35. The van der Waals surface area contributed by atoms with E-state index in [2.05, 4.69) is 9.47 Å². The number of carbonyl (C=O) groups is 2. The van der Waals surface area contributed by atoms with Crippen molar-refractivity contribution in [1.82, 2.24) is 0 Å². The predicted octanol–water partition coefficient (Wildman–Crippen LogP) is 1.15. The lowest BCUT2D eigenvalue weighted by Gasteiger charge is -2.09. The first-order chi connectivity index (χ1) is 7.51. The van der Waals surface area contributed by atoms with Gasteiger partial charge in [0.2, 0.25) is 0 Å². The number of nitrogen functional groups attached to an aromatic ring is 1. The molecule has 0 aliphatic heterocycles. The zero-order valence-corrected chi connectivity index (χ0v) is 9.37. The molecule has 0 saturated heterocycles. The van der Waals surface area contributed by atoms with E-state index in [1.807, 2.05) is 0 Å². The van der Waals surface area contributed by atoms with Crippen molar-refractivity contribution in [1.29, 1.82) is 0 Å². The second-order valence-corrected chi connectivity index (χ2v) is 3.24. The van der Waals surface area contributed by atoms with Gasteiger partial charge in [-0.25, -0.2) is 9.59 Å². The maximum absolute atomic E-state index is 11.4. The SMILES string of the molecule is COC(=O)c1cc(C(=O)OC)c(N)cc1C. The summed E-state index contributed by atoms with van der Waals surface area (Å²) in [6, 6.07) is 2.92. The van der Waals surface area contributed by atoms with E-state index in [1.54, 1.807) is 13.0 Å². The van der Waals surface area contributed by atoms with Gasteiger partial charge in [0.25, 0.3) is 0 Å². The molecule has 86 valence electrons. The van der Waals surface area contributed by atoms with Crippen LogP contribution in [0.4, 0.5) is 5.69 Å². The Labute approximate surface area is 93.1 Å². The topological polar surface area (TPSA) is 78.6 Å². The van der Waals surface area contributed by atoms with Crippen LogP contribution in [-0.4, -0.2) is 26.2 Å². The van der Waals surface area contributed by atoms with Gasteiger partial charge in [0.1, 0.15) is 0 Å². The Balaban J connectivity index is 3.32. The molecule has 0 atom stereocenters. The van der Waals surface area contributed by atoms with Gasteiger partial charge in [0.05, 0.1) is 25.3 Å². The molecule has 1 aromatic carbocycles. The summed E-state index contributed by atoms with van der Waals surface area (Å²) < 4.78 is 9.15. The standard InChI is InChI=1S/C11H13NO4/c1-6-4-9(12)8(11(14)16-3)5-7(6)10(13)15-2/h4-5H,12H2,1-3H3. The van der Waals surface area contributed by atoms with Gasteiger partial charge in [-0.3, -0.25) is 0 Å². The Morgan fingerprint density at radius 1 is 1.06 bits per heavy atom. The van der Waals surface area contributed by atoms with Crippen molar-refractivity contribution in [3.8, 4) is 0 Å². The predicted molar refractivity (Wildman–Crippen MR) is 58.3 cm³/mol. The van der Waals surface area contributed by atoms with Crippen molar-refractivity contribution in [2.75, 3.05) is 20.0 Å². The van der Waals surface area contributed by atoms with Gasteiger partial charge in [0, 0.05) is 5.69 Å². The van der Waals surface area contributed by atoms with Gasteiger partial charge in [-0.1, -0.05) is 0 Å². The molecule has 2 N–H and O–H groups in total. The molecule has 0 saturated carbocycles. The van der Waals surface area contributed by atoms with Crippen molar-refractivity contribution in [2.24, 2.45) is 0 Å². The highest BCUT2D eigenvalue weighted by molar-refractivity contribution is 6.00. The normalized spacial score (nSPS) is 9.69. The molecule has 5 heteroatoms. The molecular formula is C11H13NO4. The molecule has 1 rings (SSSR count). The third-order valence-corrected chi connectivity index (χ3v) is 2.21. The highest BCUT2D eigenvalue weighted by Gasteiger charge is 2.17. The van der Waals surface area contributed by atoms with E-state index in [1.165, 1.54) is 20.3 Å². The van der Waals surface area contributed by atoms with E-state index in [0.29, 0.717) is 11.1 Å². The minimum atomic E-state index is -0.581. The summed E-state index contributed by atoms with van der Waals surface area (Å²) in [6.07, 6.45) is 0. The molecule has 0 radical (unpaired) electrons. The van der Waals surface area contributed by atoms with Gasteiger partial charge >= 0.3 is 11.9 Å². The van der Waals surface area contributed by atoms with Crippen LogP contribution in [0.2, 0.25) is 0 Å². The van der Waals surface area contributed by atoms with Gasteiger partial charge in [-0.15, -0.1) is 0 Å². The Bertz CT molecular complexity index is 403. The fourth-order valence-electron chi connectivity index (χ4n) is 1.35. The molecule has 0 aliphatic rings. The zero-order valence-electron chi connectivity index (χ0n) is 9.37. The van der Waals surface area contributed by atoms with Crippen LogP contribution in [0.15, 0.2) is 12.1 Å². The van der Waals surface area contributed by atoms with Crippen molar-refractivity contribution < 1.29 is 19.1 Å². The summed E-state index contributed by atoms with van der Waals surface area (Å²) in [5.41, 5.74) is 7.04. The number of hydrogen-bond donors (Lipinski definition) is 1. The van der Waals surface area contributed by atoms with Crippen molar-refractivity contribution in [3.63, 3.8) is 0 Å². The minimum Gasteiger partial charge on any atom is -0.465 e. The smallest absolute Gasteiger partial charge is 0.339 e. The summed E-state index contributed by atoms with van der Waals surface area (Å²) in [5, 5.41) is 0. The molecule has 0 amide bonds. The number of esters is 2. The second-order valence-electron chi connectivity index (χ2n) is 3.24. The summed E-state index contributed by atoms with van der Waals surface area (Å²) in [6.45, 7) is 1.71. The Kier molecular flexibility index (Phi) is 3.50. The molecule has 0 unspecified atom stereocenters. The maximum atomic E-state index is 11.4. The quantitative estimate of drug-likeness (QED) is 0.601. The summed E-state index contributed by atoms with van der Waals surface area (Å²) in [7, 11) is 2.52. The molecule has 0 heterocycles. The van der Waals surface area contributed by atoms with Crippen LogP contribution in [0.3, 0.4) is 0 Å². The Hall–Kier alpha value is -2.04. The first-order valence-corrected chi connectivity index (χ1v) is 4.58. The number of nitrogens with two attached hydrogens (primary N) is 1. The van der Waals surface area contributed by atoms with Crippen LogP contribution in [-0.2, 0) is 9.47 Å². The van der Waals surface area contributed by atoms with Gasteiger partial charge in [-0.2, -0.15) is 0 Å². The number of hydrogen-bond acceptors (Lipinski definition) is 5. The highest BCUT2D eigenvalue weighted by Crippen LogP contribution is 2.20. The van der Waals surface area contributed by atoms with E-state index in [4.69, 9.17) is 5.73 Å². The van der Waals surface area contributed by atoms with Gasteiger partial charge in [0.15, 0.2) is 0 Å². The van der Waals surface area contributed by atoms with Gasteiger partial charge in [-0.05, 0) is 24.6 Å². The molecule has 0 aromatic heterocycles. The van der Waals surface area contributed by atoms with Crippen LogP contribution < -0.4 is 5.73 Å². The third-order valence-electron chi connectivity index (χ3n) is 2.21. The lowest BCUT2D eigenvalue weighted by molar-refractivity contribution is 0.0599. The maximum Gasteiger partial charge on any atom is 0.339 e. The highest BCUT2D eigenvalue weighted by atomic mass is 16.5. The number of carbonyl (C=O) groups excluding carboxylic acids is 2. The average molecular weight is 223 g/mol. The molecule has 0 spiro atoms.